The Morgan fingerprint density at radius 1 is 1.00 bits per heavy atom. The van der Waals surface area contributed by atoms with Crippen molar-refractivity contribution < 1.29 is 0 Å². The van der Waals surface area contributed by atoms with Gasteiger partial charge in [0.1, 0.15) is 0 Å². The van der Waals surface area contributed by atoms with Gasteiger partial charge in [0.25, 0.3) is 0 Å². The molecule has 0 aliphatic carbocycles. The monoisotopic (exact) mass is 262 g/mol. The molecule has 1 aromatic heterocycles. The Morgan fingerprint density at radius 2 is 1.85 bits per heavy atom. The van der Waals surface area contributed by atoms with E-state index in [1.54, 1.807) is 0 Å². The molecule has 2 nitrogen and oxygen atoms in total. The summed E-state index contributed by atoms with van der Waals surface area (Å²) in [6.45, 7) is 0. The van der Waals surface area contributed by atoms with Gasteiger partial charge in [-0.05, 0) is 36.0 Å². The van der Waals surface area contributed by atoms with E-state index in [1.807, 2.05) is 19.4 Å². The number of fused-ring (bicyclic) bond motifs is 1. The molecule has 0 aliphatic rings. The van der Waals surface area contributed by atoms with Crippen molar-refractivity contribution in [3.8, 4) is 0 Å². The summed E-state index contributed by atoms with van der Waals surface area (Å²) in [4.78, 5) is 4.20. The van der Waals surface area contributed by atoms with Crippen LogP contribution in [0.25, 0.3) is 10.8 Å². The van der Waals surface area contributed by atoms with Gasteiger partial charge < -0.3 is 5.32 Å². The van der Waals surface area contributed by atoms with Crippen molar-refractivity contribution in [2.24, 2.45) is 0 Å². The summed E-state index contributed by atoms with van der Waals surface area (Å²) in [5, 5.41) is 5.91. The highest BCUT2D eigenvalue weighted by Crippen LogP contribution is 2.25. The normalized spacial score (nSPS) is 12.4. The average molecular weight is 262 g/mol. The van der Waals surface area contributed by atoms with Gasteiger partial charge in [-0.3, -0.25) is 4.98 Å². The Labute approximate surface area is 119 Å². The van der Waals surface area contributed by atoms with Crippen LogP contribution in [0.5, 0.6) is 0 Å². The number of benzene rings is 2. The second-order valence-electron chi connectivity index (χ2n) is 4.98. The zero-order valence-corrected chi connectivity index (χ0v) is 11.6. The van der Waals surface area contributed by atoms with Gasteiger partial charge in [0.2, 0.25) is 0 Å². The second-order valence-corrected chi connectivity index (χ2v) is 4.98. The van der Waals surface area contributed by atoms with E-state index in [2.05, 4.69) is 64.9 Å². The summed E-state index contributed by atoms with van der Waals surface area (Å²) in [5.74, 6) is 0. The Hall–Kier alpha value is -2.19. The lowest BCUT2D eigenvalue weighted by atomic mass is 9.95. The van der Waals surface area contributed by atoms with Crippen molar-refractivity contribution in [3.63, 3.8) is 0 Å². The third kappa shape index (κ3) is 2.56. The Balaban J connectivity index is 1.99. The highest BCUT2D eigenvalue weighted by atomic mass is 14.9. The minimum Gasteiger partial charge on any atom is -0.313 e. The fourth-order valence-electron chi connectivity index (χ4n) is 2.67. The number of pyridine rings is 1. The molecule has 1 heterocycles. The third-order valence-corrected chi connectivity index (χ3v) is 3.72. The molecule has 0 saturated carbocycles. The quantitative estimate of drug-likeness (QED) is 0.774. The molecule has 0 fully saturated rings. The van der Waals surface area contributed by atoms with Crippen LogP contribution >= 0.6 is 0 Å². The molecular formula is C18H18N2. The summed E-state index contributed by atoms with van der Waals surface area (Å²) in [7, 11) is 2.02. The van der Waals surface area contributed by atoms with E-state index in [-0.39, 0.29) is 0 Å². The van der Waals surface area contributed by atoms with E-state index in [0.717, 1.165) is 6.42 Å². The summed E-state index contributed by atoms with van der Waals surface area (Å²) < 4.78 is 0. The number of nitrogens with one attached hydrogen (secondary N) is 1. The standard InChI is InChI=1S/C18H18N2/c1-19-18(12-14-6-3-2-4-7-14)17-9-5-8-15-13-20-11-10-16(15)17/h2-11,13,18-19H,12H2,1H3. The van der Waals surface area contributed by atoms with Crippen molar-refractivity contribution in [2.45, 2.75) is 12.5 Å². The topological polar surface area (TPSA) is 24.9 Å². The molecule has 2 aromatic carbocycles. The number of hydrogen-bond acceptors (Lipinski definition) is 2. The van der Waals surface area contributed by atoms with E-state index in [1.165, 1.54) is 21.9 Å². The summed E-state index contributed by atoms with van der Waals surface area (Å²) in [6.07, 6.45) is 4.77. The number of likely N-dealkylation sites (N-methyl/N-ethyl adjacent to an activating group) is 1. The Morgan fingerprint density at radius 3 is 2.65 bits per heavy atom. The van der Waals surface area contributed by atoms with Crippen molar-refractivity contribution in [2.75, 3.05) is 7.05 Å². The molecule has 3 rings (SSSR count). The minimum absolute atomic E-state index is 0.309. The van der Waals surface area contributed by atoms with Crippen LogP contribution in [0.1, 0.15) is 17.2 Å². The van der Waals surface area contributed by atoms with Crippen LogP contribution in [-0.2, 0) is 6.42 Å². The van der Waals surface area contributed by atoms with Crippen LogP contribution in [-0.4, -0.2) is 12.0 Å². The van der Waals surface area contributed by atoms with Crippen molar-refractivity contribution in [1.29, 1.82) is 0 Å². The van der Waals surface area contributed by atoms with Gasteiger partial charge >= 0.3 is 0 Å². The lowest BCUT2D eigenvalue weighted by Crippen LogP contribution is -2.19. The van der Waals surface area contributed by atoms with E-state index in [0.29, 0.717) is 6.04 Å². The first-order chi connectivity index (χ1) is 9.88. The van der Waals surface area contributed by atoms with Crippen molar-refractivity contribution in [1.82, 2.24) is 10.3 Å². The van der Waals surface area contributed by atoms with Gasteiger partial charge in [0.15, 0.2) is 0 Å². The molecule has 2 heteroatoms. The molecule has 3 aromatic rings. The average Bonchev–Trinajstić information content (AvgIpc) is 2.53. The minimum atomic E-state index is 0.309. The zero-order valence-electron chi connectivity index (χ0n) is 11.6. The maximum atomic E-state index is 4.20. The van der Waals surface area contributed by atoms with Gasteiger partial charge in [-0.15, -0.1) is 0 Å². The predicted molar refractivity (Wildman–Crippen MR) is 83.7 cm³/mol. The van der Waals surface area contributed by atoms with Crippen LogP contribution in [0.4, 0.5) is 0 Å². The first-order valence-electron chi connectivity index (χ1n) is 6.92. The number of hydrogen-bond donors (Lipinski definition) is 1. The van der Waals surface area contributed by atoms with Gasteiger partial charge in [0, 0.05) is 23.8 Å². The predicted octanol–water partition coefficient (Wildman–Crippen LogP) is 3.74. The number of nitrogens with zero attached hydrogens (tertiary/aromatic N) is 1. The fourth-order valence-corrected chi connectivity index (χ4v) is 2.67. The molecule has 1 unspecified atom stereocenters. The van der Waals surface area contributed by atoms with Crippen LogP contribution in [0.15, 0.2) is 67.0 Å². The zero-order chi connectivity index (χ0) is 13.8. The summed E-state index contributed by atoms with van der Waals surface area (Å²) in [6, 6.07) is 19.4. The molecule has 100 valence electrons. The highest BCUT2D eigenvalue weighted by Gasteiger charge is 2.12. The molecule has 0 radical (unpaired) electrons. The van der Waals surface area contributed by atoms with E-state index < -0.39 is 0 Å². The van der Waals surface area contributed by atoms with Gasteiger partial charge in [-0.1, -0.05) is 48.5 Å². The van der Waals surface area contributed by atoms with E-state index >= 15 is 0 Å². The molecule has 0 amide bonds. The van der Waals surface area contributed by atoms with Crippen molar-refractivity contribution in [3.05, 3.63) is 78.1 Å². The summed E-state index contributed by atoms with van der Waals surface area (Å²) >= 11 is 0. The highest BCUT2D eigenvalue weighted by molar-refractivity contribution is 5.85. The maximum absolute atomic E-state index is 4.20. The van der Waals surface area contributed by atoms with E-state index in [4.69, 9.17) is 0 Å². The first-order valence-corrected chi connectivity index (χ1v) is 6.92. The van der Waals surface area contributed by atoms with Crippen LogP contribution in [0.3, 0.4) is 0 Å². The SMILES string of the molecule is CNC(Cc1ccccc1)c1cccc2cnccc12. The third-order valence-electron chi connectivity index (χ3n) is 3.72. The van der Waals surface area contributed by atoms with Crippen LogP contribution < -0.4 is 5.32 Å². The van der Waals surface area contributed by atoms with Gasteiger partial charge in [-0.25, -0.2) is 0 Å². The maximum Gasteiger partial charge on any atom is 0.0364 e. The first kappa shape index (κ1) is 12.8. The Kier molecular flexibility index (Phi) is 3.75. The van der Waals surface area contributed by atoms with Gasteiger partial charge in [-0.2, -0.15) is 0 Å². The number of aromatic nitrogens is 1. The largest absolute Gasteiger partial charge is 0.313 e. The smallest absolute Gasteiger partial charge is 0.0364 e. The summed E-state index contributed by atoms with van der Waals surface area (Å²) in [5.41, 5.74) is 2.68. The van der Waals surface area contributed by atoms with Crippen molar-refractivity contribution >= 4 is 10.8 Å². The number of rotatable bonds is 4. The Bertz CT molecular complexity index is 687. The molecule has 0 saturated heterocycles. The lowest BCUT2D eigenvalue weighted by molar-refractivity contribution is 0.596. The molecule has 1 atom stereocenters. The van der Waals surface area contributed by atoms with Gasteiger partial charge in [0.05, 0.1) is 0 Å². The van der Waals surface area contributed by atoms with Crippen LogP contribution in [0, 0.1) is 0 Å². The lowest BCUT2D eigenvalue weighted by Gasteiger charge is -2.19. The molecule has 20 heavy (non-hydrogen) atoms. The van der Waals surface area contributed by atoms with E-state index in [9.17, 15) is 0 Å². The van der Waals surface area contributed by atoms with Crippen LogP contribution in [0.2, 0.25) is 0 Å². The second kappa shape index (κ2) is 5.85. The molecule has 0 bridgehead atoms. The molecular weight excluding hydrogens is 244 g/mol. The molecule has 1 N–H and O–H groups in total. The molecule has 0 spiro atoms. The molecule has 0 aliphatic heterocycles. The fraction of sp³-hybridized carbons (Fsp3) is 0.167.